The van der Waals surface area contributed by atoms with E-state index in [0.717, 1.165) is 6.42 Å². The van der Waals surface area contributed by atoms with E-state index in [1.54, 1.807) is 12.7 Å². The zero-order chi connectivity index (χ0) is 21.7. The van der Waals surface area contributed by atoms with Crippen LogP contribution in [0.4, 0.5) is 11.4 Å². The molecule has 1 heterocycles. The number of aromatic nitrogens is 3. The number of hydrogen-bond acceptors (Lipinski definition) is 3. The van der Waals surface area contributed by atoms with E-state index in [1.165, 1.54) is 80.3 Å². The van der Waals surface area contributed by atoms with Crippen molar-refractivity contribution in [2.24, 2.45) is 0 Å². The number of hydrogen-bond donors (Lipinski definition) is 0. The molecule has 0 unspecified atom stereocenters. The van der Waals surface area contributed by atoms with Crippen molar-refractivity contribution in [2.75, 3.05) is 4.90 Å². The van der Waals surface area contributed by atoms with Crippen molar-refractivity contribution in [1.82, 2.24) is 14.8 Å². The average Bonchev–Trinajstić information content (AvgIpc) is 3.33. The first-order valence-corrected chi connectivity index (χ1v) is 12.1. The van der Waals surface area contributed by atoms with E-state index in [1.807, 2.05) is 4.68 Å². The Labute approximate surface area is 188 Å². The molecule has 4 heteroatoms. The summed E-state index contributed by atoms with van der Waals surface area (Å²) in [7, 11) is 0. The van der Waals surface area contributed by atoms with Crippen molar-refractivity contribution in [3.63, 3.8) is 0 Å². The molecule has 31 heavy (non-hydrogen) atoms. The summed E-state index contributed by atoms with van der Waals surface area (Å²) in [5.41, 5.74) is 5.19. The number of unbranched alkanes of at least 4 members (excludes halogenated alkanes) is 6. The first-order chi connectivity index (χ1) is 15.3. The standard InChI is InChI=1S/C27H38N4/c1-3-5-7-8-9-10-12-25-15-19-27(20-16-25)31(23-30-22-28-21-29-30)26-17-13-24(14-18-26)11-6-4-2/h13-22H,3-12,23H2,1-2H3. The lowest BCUT2D eigenvalue weighted by Gasteiger charge is -2.25. The van der Waals surface area contributed by atoms with Crippen LogP contribution >= 0.6 is 0 Å². The van der Waals surface area contributed by atoms with Crippen molar-refractivity contribution in [3.8, 4) is 0 Å². The summed E-state index contributed by atoms with van der Waals surface area (Å²) in [4.78, 5) is 6.41. The highest BCUT2D eigenvalue weighted by molar-refractivity contribution is 5.63. The maximum absolute atomic E-state index is 4.32. The number of benzene rings is 2. The topological polar surface area (TPSA) is 34.0 Å². The van der Waals surface area contributed by atoms with E-state index in [2.05, 4.69) is 77.4 Å². The molecule has 0 saturated heterocycles. The highest BCUT2D eigenvalue weighted by Gasteiger charge is 2.11. The maximum Gasteiger partial charge on any atom is 0.137 e. The van der Waals surface area contributed by atoms with Gasteiger partial charge in [-0.1, -0.05) is 76.6 Å². The van der Waals surface area contributed by atoms with Crippen LogP contribution in [0.25, 0.3) is 0 Å². The van der Waals surface area contributed by atoms with Crippen LogP contribution in [0.15, 0.2) is 61.2 Å². The molecule has 0 aliphatic carbocycles. The fraction of sp³-hybridized carbons (Fsp3) is 0.481. The molecule has 0 aliphatic rings. The number of rotatable bonds is 14. The fourth-order valence-electron chi connectivity index (χ4n) is 3.94. The van der Waals surface area contributed by atoms with Gasteiger partial charge in [-0.2, -0.15) is 5.10 Å². The van der Waals surface area contributed by atoms with Crippen molar-refractivity contribution >= 4 is 11.4 Å². The Hall–Kier alpha value is -2.62. The van der Waals surface area contributed by atoms with Crippen molar-refractivity contribution in [1.29, 1.82) is 0 Å². The van der Waals surface area contributed by atoms with Gasteiger partial charge in [0.05, 0.1) is 0 Å². The Kier molecular flexibility index (Phi) is 9.62. The summed E-state index contributed by atoms with van der Waals surface area (Å²) >= 11 is 0. The maximum atomic E-state index is 4.32. The molecule has 0 N–H and O–H groups in total. The first-order valence-electron chi connectivity index (χ1n) is 12.1. The Morgan fingerprint density at radius 1 is 0.677 bits per heavy atom. The van der Waals surface area contributed by atoms with Crippen LogP contribution in [0.5, 0.6) is 0 Å². The Bertz CT molecular complexity index is 838. The molecule has 0 amide bonds. The van der Waals surface area contributed by atoms with E-state index in [0.29, 0.717) is 6.67 Å². The normalized spacial score (nSPS) is 11.0. The molecule has 2 aromatic carbocycles. The van der Waals surface area contributed by atoms with Gasteiger partial charge in [0, 0.05) is 11.4 Å². The minimum atomic E-state index is 0.644. The molecular formula is C27H38N4. The molecule has 4 nitrogen and oxygen atoms in total. The SMILES string of the molecule is CCCCCCCCc1ccc(N(Cn2cncn2)c2ccc(CCCC)cc2)cc1. The molecule has 3 aromatic rings. The van der Waals surface area contributed by atoms with E-state index >= 15 is 0 Å². The summed E-state index contributed by atoms with van der Waals surface area (Å²) in [5.74, 6) is 0. The molecular weight excluding hydrogens is 380 g/mol. The van der Waals surface area contributed by atoms with E-state index in [9.17, 15) is 0 Å². The van der Waals surface area contributed by atoms with Crippen LogP contribution in [0.2, 0.25) is 0 Å². The second-order valence-electron chi connectivity index (χ2n) is 8.46. The van der Waals surface area contributed by atoms with Gasteiger partial charge in [-0.3, -0.25) is 0 Å². The largest absolute Gasteiger partial charge is 0.321 e. The highest BCUT2D eigenvalue weighted by atomic mass is 15.4. The summed E-state index contributed by atoms with van der Waals surface area (Å²) in [5, 5.41) is 4.32. The summed E-state index contributed by atoms with van der Waals surface area (Å²) < 4.78 is 1.87. The zero-order valence-corrected chi connectivity index (χ0v) is 19.3. The Morgan fingerprint density at radius 3 is 1.77 bits per heavy atom. The van der Waals surface area contributed by atoms with Gasteiger partial charge in [-0.15, -0.1) is 0 Å². The van der Waals surface area contributed by atoms with Crippen LogP contribution in [-0.4, -0.2) is 14.8 Å². The van der Waals surface area contributed by atoms with Crippen LogP contribution in [0, 0.1) is 0 Å². The average molecular weight is 419 g/mol. The summed E-state index contributed by atoms with van der Waals surface area (Å²) in [6.45, 7) is 5.16. The third kappa shape index (κ3) is 7.54. The molecule has 0 saturated carbocycles. The second kappa shape index (κ2) is 12.9. The van der Waals surface area contributed by atoms with E-state index in [4.69, 9.17) is 0 Å². The third-order valence-electron chi connectivity index (χ3n) is 5.89. The molecule has 0 aliphatic heterocycles. The molecule has 0 bridgehead atoms. The Balaban J connectivity index is 1.66. The predicted molar refractivity (Wildman–Crippen MR) is 131 cm³/mol. The lowest BCUT2D eigenvalue weighted by Crippen LogP contribution is -2.21. The lowest BCUT2D eigenvalue weighted by atomic mass is 10.0. The molecule has 0 spiro atoms. The smallest absolute Gasteiger partial charge is 0.137 e. The lowest BCUT2D eigenvalue weighted by molar-refractivity contribution is 0.607. The zero-order valence-electron chi connectivity index (χ0n) is 19.3. The molecule has 3 rings (SSSR count). The van der Waals surface area contributed by atoms with Gasteiger partial charge in [0.1, 0.15) is 19.3 Å². The van der Waals surface area contributed by atoms with Crippen LogP contribution in [0.1, 0.15) is 76.3 Å². The van der Waals surface area contributed by atoms with Gasteiger partial charge >= 0.3 is 0 Å². The van der Waals surface area contributed by atoms with Gasteiger partial charge in [0.25, 0.3) is 0 Å². The van der Waals surface area contributed by atoms with Crippen LogP contribution < -0.4 is 4.90 Å². The van der Waals surface area contributed by atoms with Crippen molar-refractivity contribution in [3.05, 3.63) is 72.3 Å². The van der Waals surface area contributed by atoms with E-state index in [-0.39, 0.29) is 0 Å². The predicted octanol–water partition coefficient (Wildman–Crippen LogP) is 7.32. The van der Waals surface area contributed by atoms with Crippen LogP contribution in [-0.2, 0) is 19.5 Å². The van der Waals surface area contributed by atoms with Gasteiger partial charge in [0.2, 0.25) is 0 Å². The number of aryl methyl sites for hydroxylation is 2. The van der Waals surface area contributed by atoms with Crippen LogP contribution in [0.3, 0.4) is 0 Å². The summed E-state index contributed by atoms with van der Waals surface area (Å²) in [6.07, 6.45) is 16.2. The molecule has 0 radical (unpaired) electrons. The molecule has 1 aromatic heterocycles. The van der Waals surface area contributed by atoms with E-state index < -0.39 is 0 Å². The minimum absolute atomic E-state index is 0.644. The van der Waals surface area contributed by atoms with Gasteiger partial charge < -0.3 is 4.90 Å². The van der Waals surface area contributed by atoms with Gasteiger partial charge in [-0.05, 0) is 61.1 Å². The first kappa shape index (κ1) is 23.1. The third-order valence-corrected chi connectivity index (χ3v) is 5.89. The molecule has 166 valence electrons. The highest BCUT2D eigenvalue weighted by Crippen LogP contribution is 2.27. The quantitative estimate of drug-likeness (QED) is 0.257. The van der Waals surface area contributed by atoms with Crippen molar-refractivity contribution in [2.45, 2.75) is 84.7 Å². The van der Waals surface area contributed by atoms with Gasteiger partial charge in [0.15, 0.2) is 0 Å². The molecule has 0 fully saturated rings. The van der Waals surface area contributed by atoms with Gasteiger partial charge in [-0.25, -0.2) is 9.67 Å². The number of anilines is 2. The second-order valence-corrected chi connectivity index (χ2v) is 8.46. The fourth-order valence-corrected chi connectivity index (χ4v) is 3.94. The van der Waals surface area contributed by atoms with Crippen molar-refractivity contribution < 1.29 is 0 Å². The molecule has 0 atom stereocenters. The minimum Gasteiger partial charge on any atom is -0.321 e. The monoisotopic (exact) mass is 418 g/mol. The summed E-state index contributed by atoms with van der Waals surface area (Å²) in [6, 6.07) is 18.0. The Morgan fingerprint density at radius 2 is 1.23 bits per heavy atom. The number of nitrogens with zero attached hydrogens (tertiary/aromatic N) is 4.